The summed E-state index contributed by atoms with van der Waals surface area (Å²) in [5, 5.41) is 10.8. The lowest BCUT2D eigenvalue weighted by Gasteiger charge is -1.99. The number of rotatable bonds is 0. The number of pyridine rings is 1. The lowest BCUT2D eigenvalue weighted by Crippen LogP contribution is -2.04. The minimum absolute atomic E-state index is 0.0475. The Bertz CT molecular complexity index is 518. The molecule has 13 heavy (non-hydrogen) atoms. The second-order valence-electron chi connectivity index (χ2n) is 2.69. The van der Waals surface area contributed by atoms with Crippen molar-refractivity contribution in [1.29, 1.82) is 0 Å². The molecule has 2 aromatic rings. The van der Waals surface area contributed by atoms with Gasteiger partial charge in [0.15, 0.2) is 0 Å². The van der Waals surface area contributed by atoms with Crippen LogP contribution >= 0.6 is 11.6 Å². The van der Waals surface area contributed by atoms with E-state index in [4.69, 9.17) is 11.6 Å². The van der Waals surface area contributed by atoms with Gasteiger partial charge in [-0.2, -0.15) is 0 Å². The van der Waals surface area contributed by atoms with E-state index in [1.54, 1.807) is 12.1 Å². The molecule has 0 saturated carbocycles. The fourth-order valence-corrected chi connectivity index (χ4v) is 1.39. The first-order chi connectivity index (χ1) is 6.18. The highest BCUT2D eigenvalue weighted by atomic mass is 35.5. The minimum atomic E-state index is -0.254. The molecule has 66 valence electrons. The van der Waals surface area contributed by atoms with Gasteiger partial charge in [0.25, 0.3) is 5.56 Å². The van der Waals surface area contributed by atoms with E-state index < -0.39 is 0 Å². The summed E-state index contributed by atoms with van der Waals surface area (Å²) in [5.41, 5.74) is -0.254. The van der Waals surface area contributed by atoms with Crippen molar-refractivity contribution in [1.82, 2.24) is 4.98 Å². The maximum absolute atomic E-state index is 11.3. The van der Waals surface area contributed by atoms with Crippen molar-refractivity contribution in [3.05, 3.63) is 39.8 Å². The van der Waals surface area contributed by atoms with Crippen molar-refractivity contribution >= 4 is 22.4 Å². The first kappa shape index (κ1) is 8.13. The predicted molar refractivity (Wildman–Crippen MR) is 51.2 cm³/mol. The number of aromatic nitrogens is 1. The fourth-order valence-electron chi connectivity index (χ4n) is 1.22. The Labute approximate surface area is 78.6 Å². The summed E-state index contributed by atoms with van der Waals surface area (Å²) in [6.07, 6.45) is 1.26. The molecule has 0 aliphatic rings. The molecule has 1 aromatic heterocycles. The maximum atomic E-state index is 11.3. The van der Waals surface area contributed by atoms with Crippen molar-refractivity contribution in [3.8, 4) is 5.75 Å². The molecule has 0 atom stereocenters. The summed E-state index contributed by atoms with van der Waals surface area (Å²) in [6, 6.07) is 4.76. The highest BCUT2D eigenvalue weighted by Crippen LogP contribution is 2.22. The van der Waals surface area contributed by atoms with Crippen LogP contribution in [0.1, 0.15) is 0 Å². The van der Waals surface area contributed by atoms with Crippen LogP contribution in [0.5, 0.6) is 5.75 Å². The quantitative estimate of drug-likeness (QED) is 0.675. The van der Waals surface area contributed by atoms with Crippen molar-refractivity contribution in [2.45, 2.75) is 0 Å². The van der Waals surface area contributed by atoms with E-state index in [-0.39, 0.29) is 11.3 Å². The Morgan fingerprint density at radius 3 is 2.85 bits per heavy atom. The summed E-state index contributed by atoms with van der Waals surface area (Å²) in [7, 11) is 0. The smallest absolute Gasteiger partial charge is 0.256 e. The number of hydrogen-bond acceptors (Lipinski definition) is 2. The Kier molecular flexibility index (Phi) is 1.74. The van der Waals surface area contributed by atoms with Gasteiger partial charge in [-0.3, -0.25) is 4.79 Å². The fraction of sp³-hybridized carbons (Fsp3) is 0. The summed E-state index contributed by atoms with van der Waals surface area (Å²) < 4.78 is 0. The number of aromatic hydroxyl groups is 1. The molecule has 1 heterocycles. The second-order valence-corrected chi connectivity index (χ2v) is 3.13. The van der Waals surface area contributed by atoms with Crippen LogP contribution in [0, 0.1) is 0 Å². The molecular weight excluding hydrogens is 190 g/mol. The molecule has 0 aliphatic heterocycles. The zero-order valence-electron chi connectivity index (χ0n) is 6.54. The molecule has 0 saturated heterocycles. The molecule has 0 spiro atoms. The highest BCUT2D eigenvalue weighted by molar-refractivity contribution is 6.31. The first-order valence-corrected chi connectivity index (χ1v) is 4.06. The van der Waals surface area contributed by atoms with Gasteiger partial charge < -0.3 is 10.1 Å². The van der Waals surface area contributed by atoms with Crippen LogP contribution in [-0.4, -0.2) is 10.1 Å². The third-order valence-electron chi connectivity index (χ3n) is 1.84. The standard InChI is InChI=1S/C9H6ClNO2/c10-5-1-2-6-7(3-5)9(13)11-4-8(6)12/h1-4,12H,(H,11,13). The van der Waals surface area contributed by atoms with Crippen molar-refractivity contribution in [2.24, 2.45) is 0 Å². The van der Waals surface area contributed by atoms with Crippen LogP contribution in [0.3, 0.4) is 0 Å². The van der Waals surface area contributed by atoms with Crippen LogP contribution in [0.2, 0.25) is 5.02 Å². The predicted octanol–water partition coefficient (Wildman–Crippen LogP) is 1.89. The number of benzene rings is 1. The van der Waals surface area contributed by atoms with E-state index in [1.807, 2.05) is 0 Å². The number of hydrogen-bond donors (Lipinski definition) is 2. The molecule has 0 bridgehead atoms. The normalized spacial score (nSPS) is 10.5. The van der Waals surface area contributed by atoms with Crippen LogP contribution in [0.25, 0.3) is 10.8 Å². The van der Waals surface area contributed by atoms with E-state index in [0.29, 0.717) is 15.8 Å². The van der Waals surface area contributed by atoms with Gasteiger partial charge in [-0.15, -0.1) is 0 Å². The molecule has 4 heteroatoms. The van der Waals surface area contributed by atoms with Gasteiger partial charge in [-0.1, -0.05) is 11.6 Å². The Morgan fingerprint density at radius 1 is 1.31 bits per heavy atom. The van der Waals surface area contributed by atoms with E-state index in [0.717, 1.165) is 0 Å². The largest absolute Gasteiger partial charge is 0.506 e. The summed E-state index contributed by atoms with van der Waals surface area (Å²) in [5.74, 6) is 0.0475. The molecule has 0 amide bonds. The topological polar surface area (TPSA) is 53.1 Å². The number of H-pyrrole nitrogens is 1. The molecular formula is C9H6ClNO2. The maximum Gasteiger partial charge on any atom is 0.256 e. The first-order valence-electron chi connectivity index (χ1n) is 3.68. The van der Waals surface area contributed by atoms with E-state index in [1.165, 1.54) is 12.3 Å². The zero-order chi connectivity index (χ0) is 9.42. The van der Waals surface area contributed by atoms with Gasteiger partial charge in [-0.25, -0.2) is 0 Å². The molecule has 0 radical (unpaired) electrons. The molecule has 1 aromatic carbocycles. The monoisotopic (exact) mass is 195 g/mol. The van der Waals surface area contributed by atoms with E-state index >= 15 is 0 Å². The van der Waals surface area contributed by atoms with Crippen molar-refractivity contribution < 1.29 is 5.11 Å². The van der Waals surface area contributed by atoms with E-state index in [9.17, 15) is 9.90 Å². The van der Waals surface area contributed by atoms with Crippen molar-refractivity contribution in [2.75, 3.05) is 0 Å². The van der Waals surface area contributed by atoms with Gasteiger partial charge in [0.05, 0.1) is 5.39 Å². The summed E-state index contributed by atoms with van der Waals surface area (Å²) in [6.45, 7) is 0. The summed E-state index contributed by atoms with van der Waals surface area (Å²) in [4.78, 5) is 13.7. The van der Waals surface area contributed by atoms with Crippen LogP contribution in [0.4, 0.5) is 0 Å². The third-order valence-corrected chi connectivity index (χ3v) is 2.08. The van der Waals surface area contributed by atoms with Crippen LogP contribution < -0.4 is 5.56 Å². The van der Waals surface area contributed by atoms with E-state index in [2.05, 4.69) is 4.98 Å². The van der Waals surface area contributed by atoms with Crippen LogP contribution in [0.15, 0.2) is 29.2 Å². The molecule has 3 nitrogen and oxygen atoms in total. The molecule has 2 rings (SSSR count). The average Bonchev–Trinajstić information content (AvgIpc) is 2.12. The second kappa shape index (κ2) is 2.78. The van der Waals surface area contributed by atoms with Crippen LogP contribution in [-0.2, 0) is 0 Å². The van der Waals surface area contributed by atoms with Gasteiger partial charge in [0, 0.05) is 16.6 Å². The molecule has 0 aliphatic carbocycles. The average molecular weight is 196 g/mol. The van der Waals surface area contributed by atoms with Crippen molar-refractivity contribution in [3.63, 3.8) is 0 Å². The van der Waals surface area contributed by atoms with Gasteiger partial charge in [-0.05, 0) is 18.2 Å². The van der Waals surface area contributed by atoms with Gasteiger partial charge >= 0.3 is 0 Å². The highest BCUT2D eigenvalue weighted by Gasteiger charge is 2.03. The lowest BCUT2D eigenvalue weighted by atomic mass is 10.1. The van der Waals surface area contributed by atoms with Gasteiger partial charge in [0.1, 0.15) is 5.75 Å². The van der Waals surface area contributed by atoms with Gasteiger partial charge in [0.2, 0.25) is 0 Å². The molecule has 0 fully saturated rings. The molecule has 0 unspecified atom stereocenters. The number of fused-ring (bicyclic) bond motifs is 1. The summed E-state index contributed by atoms with van der Waals surface area (Å²) >= 11 is 5.71. The number of nitrogens with one attached hydrogen (secondary N) is 1. The Morgan fingerprint density at radius 2 is 2.08 bits per heavy atom. The number of halogens is 1. The Hall–Kier alpha value is -1.48. The Balaban J connectivity index is 3.01. The number of aromatic amines is 1. The lowest BCUT2D eigenvalue weighted by molar-refractivity contribution is 0.479. The third kappa shape index (κ3) is 1.27. The zero-order valence-corrected chi connectivity index (χ0v) is 7.30. The minimum Gasteiger partial charge on any atom is -0.506 e. The SMILES string of the molecule is O=c1[nH]cc(O)c2ccc(Cl)cc12. The molecule has 2 N–H and O–H groups in total.